The molecule has 0 aromatic heterocycles. The van der Waals surface area contributed by atoms with Crippen molar-refractivity contribution in [3.05, 3.63) is 130 Å². The molecule has 2 amide bonds. The van der Waals surface area contributed by atoms with Crippen LogP contribution in [0.25, 0.3) is 0 Å². The van der Waals surface area contributed by atoms with Crippen LogP contribution in [0.2, 0.25) is 5.02 Å². The van der Waals surface area contributed by atoms with Gasteiger partial charge in [-0.25, -0.2) is 8.42 Å². The summed E-state index contributed by atoms with van der Waals surface area (Å²) in [5, 5.41) is 3.18. The third kappa shape index (κ3) is 8.00. The van der Waals surface area contributed by atoms with Crippen molar-refractivity contribution in [3.63, 3.8) is 0 Å². The molecule has 0 saturated carbocycles. The number of carbonyl (C=O) groups excluding carboxylic acids is 2. The van der Waals surface area contributed by atoms with Gasteiger partial charge in [0.1, 0.15) is 12.6 Å². The standard InChI is InChI=1S/C32H31BrClN3O4S/c1-2-35-32(39)30(20-24-11-5-3-6-12-24)36(22-25-13-9-14-26(33)19-25)31(38)23-37(28-16-10-15-27(34)21-28)42(40,41)29-17-7-4-8-18-29/h3-19,21,30H,2,20,22-23H2,1H3,(H,35,39)/t30-/m0/s1. The molecule has 1 atom stereocenters. The Bertz CT molecular complexity index is 1620. The van der Waals surface area contributed by atoms with Crippen molar-refractivity contribution in [2.45, 2.75) is 30.8 Å². The fourth-order valence-corrected chi connectivity index (χ4v) is 6.62. The van der Waals surface area contributed by atoms with Crippen LogP contribution in [0.1, 0.15) is 18.1 Å². The smallest absolute Gasteiger partial charge is 0.264 e. The Morgan fingerprint density at radius 3 is 2.14 bits per heavy atom. The Morgan fingerprint density at radius 1 is 0.857 bits per heavy atom. The molecule has 0 aliphatic rings. The summed E-state index contributed by atoms with van der Waals surface area (Å²) in [7, 11) is -4.17. The molecule has 42 heavy (non-hydrogen) atoms. The van der Waals surface area contributed by atoms with E-state index in [0.29, 0.717) is 11.6 Å². The number of anilines is 1. The van der Waals surface area contributed by atoms with E-state index in [0.717, 1.165) is 19.9 Å². The average molecular weight is 669 g/mol. The lowest BCUT2D eigenvalue weighted by Gasteiger charge is -2.34. The van der Waals surface area contributed by atoms with Crippen molar-refractivity contribution >= 4 is 55.1 Å². The highest BCUT2D eigenvalue weighted by Gasteiger charge is 2.34. The first kappa shape index (κ1) is 31.3. The molecular formula is C32H31BrClN3O4S. The highest BCUT2D eigenvalue weighted by atomic mass is 79.9. The molecule has 4 rings (SSSR count). The van der Waals surface area contributed by atoms with Crippen LogP contribution in [0.4, 0.5) is 5.69 Å². The molecule has 0 bridgehead atoms. The van der Waals surface area contributed by atoms with Gasteiger partial charge < -0.3 is 10.2 Å². The Hall–Kier alpha value is -3.66. The van der Waals surface area contributed by atoms with E-state index in [-0.39, 0.29) is 29.5 Å². The summed E-state index contributed by atoms with van der Waals surface area (Å²) >= 11 is 9.73. The number of nitrogens with zero attached hydrogens (tertiary/aromatic N) is 2. The van der Waals surface area contributed by atoms with Gasteiger partial charge in [-0.3, -0.25) is 13.9 Å². The summed E-state index contributed by atoms with van der Waals surface area (Å²) in [6.07, 6.45) is 0.245. The molecule has 0 saturated heterocycles. The second-order valence-electron chi connectivity index (χ2n) is 9.56. The van der Waals surface area contributed by atoms with Crippen LogP contribution in [0.15, 0.2) is 119 Å². The molecule has 0 heterocycles. The van der Waals surface area contributed by atoms with Crippen molar-refractivity contribution in [3.8, 4) is 0 Å². The van der Waals surface area contributed by atoms with Crippen molar-refractivity contribution in [1.82, 2.24) is 10.2 Å². The molecule has 0 aliphatic carbocycles. The zero-order chi connectivity index (χ0) is 30.1. The van der Waals surface area contributed by atoms with E-state index in [9.17, 15) is 18.0 Å². The number of halogens is 2. The predicted molar refractivity (Wildman–Crippen MR) is 170 cm³/mol. The molecule has 0 fully saturated rings. The first-order valence-corrected chi connectivity index (χ1v) is 16.0. The van der Waals surface area contributed by atoms with Crippen LogP contribution in [0.5, 0.6) is 0 Å². The summed E-state index contributed by atoms with van der Waals surface area (Å²) in [5.41, 5.74) is 1.88. The Labute approximate surface area is 260 Å². The molecule has 0 aliphatic heterocycles. The third-order valence-corrected chi connectivity index (χ3v) is 9.09. The molecule has 4 aromatic carbocycles. The molecule has 7 nitrogen and oxygen atoms in total. The third-order valence-electron chi connectivity index (χ3n) is 6.57. The van der Waals surface area contributed by atoms with E-state index in [1.165, 1.54) is 23.1 Å². The van der Waals surface area contributed by atoms with Crippen LogP contribution in [-0.2, 0) is 32.6 Å². The number of rotatable bonds is 12. The molecule has 0 spiro atoms. The number of nitrogens with one attached hydrogen (secondary N) is 1. The van der Waals surface area contributed by atoms with Crippen LogP contribution < -0.4 is 9.62 Å². The van der Waals surface area contributed by atoms with Gasteiger partial charge in [-0.2, -0.15) is 0 Å². The summed E-state index contributed by atoms with van der Waals surface area (Å²) in [6, 6.07) is 30.2. The predicted octanol–water partition coefficient (Wildman–Crippen LogP) is 6.07. The van der Waals surface area contributed by atoms with Crippen LogP contribution >= 0.6 is 27.5 Å². The maximum Gasteiger partial charge on any atom is 0.264 e. The van der Waals surface area contributed by atoms with Crippen LogP contribution in [0, 0.1) is 0 Å². The van der Waals surface area contributed by atoms with Gasteiger partial charge in [-0.15, -0.1) is 0 Å². The van der Waals surface area contributed by atoms with Gasteiger partial charge in [-0.1, -0.05) is 94.3 Å². The number of benzene rings is 4. The fraction of sp³-hybridized carbons (Fsp3) is 0.188. The minimum atomic E-state index is -4.17. The van der Waals surface area contributed by atoms with Gasteiger partial charge >= 0.3 is 0 Å². The SMILES string of the molecule is CCNC(=O)[C@H](Cc1ccccc1)N(Cc1cccc(Br)c1)C(=O)CN(c1cccc(Cl)c1)S(=O)(=O)c1ccccc1. The molecule has 1 N–H and O–H groups in total. The molecule has 4 aromatic rings. The zero-order valence-electron chi connectivity index (χ0n) is 23.0. The number of hydrogen-bond donors (Lipinski definition) is 1. The van der Waals surface area contributed by atoms with Crippen molar-refractivity contribution < 1.29 is 18.0 Å². The Balaban J connectivity index is 1.79. The van der Waals surface area contributed by atoms with Crippen molar-refractivity contribution in [2.75, 3.05) is 17.4 Å². The molecular weight excluding hydrogens is 638 g/mol. The second-order valence-corrected chi connectivity index (χ2v) is 12.8. The van der Waals surface area contributed by atoms with Crippen LogP contribution in [-0.4, -0.2) is 44.3 Å². The lowest BCUT2D eigenvalue weighted by atomic mass is 10.0. The lowest BCUT2D eigenvalue weighted by molar-refractivity contribution is -0.140. The maximum absolute atomic E-state index is 14.3. The normalized spacial score (nSPS) is 11.9. The van der Waals surface area contributed by atoms with E-state index in [1.807, 2.05) is 61.5 Å². The number of sulfonamides is 1. The minimum Gasteiger partial charge on any atom is -0.355 e. The van der Waals surface area contributed by atoms with Crippen molar-refractivity contribution in [2.24, 2.45) is 0 Å². The van der Waals surface area contributed by atoms with Gasteiger partial charge in [0, 0.05) is 29.0 Å². The Kier molecular flexibility index (Phi) is 10.8. The van der Waals surface area contributed by atoms with E-state index >= 15 is 0 Å². The van der Waals surface area contributed by atoms with Crippen molar-refractivity contribution in [1.29, 1.82) is 0 Å². The zero-order valence-corrected chi connectivity index (χ0v) is 26.1. The molecule has 218 valence electrons. The fourth-order valence-electron chi connectivity index (χ4n) is 4.56. The van der Waals surface area contributed by atoms with Gasteiger partial charge in [0.15, 0.2) is 0 Å². The first-order chi connectivity index (χ1) is 20.2. The monoisotopic (exact) mass is 667 g/mol. The van der Waals surface area contributed by atoms with Gasteiger partial charge in [-0.05, 0) is 60.5 Å². The largest absolute Gasteiger partial charge is 0.355 e. The van der Waals surface area contributed by atoms with Gasteiger partial charge in [0.05, 0.1) is 10.6 Å². The van der Waals surface area contributed by atoms with Gasteiger partial charge in [0.25, 0.3) is 10.0 Å². The maximum atomic E-state index is 14.3. The topological polar surface area (TPSA) is 86.8 Å². The lowest BCUT2D eigenvalue weighted by Crippen LogP contribution is -2.53. The number of amides is 2. The van der Waals surface area contributed by atoms with E-state index in [4.69, 9.17) is 11.6 Å². The Morgan fingerprint density at radius 2 is 1.50 bits per heavy atom. The molecule has 0 unspecified atom stereocenters. The molecule has 0 radical (unpaired) electrons. The highest BCUT2D eigenvalue weighted by Crippen LogP contribution is 2.27. The average Bonchev–Trinajstić information content (AvgIpc) is 2.98. The number of carbonyl (C=O) groups is 2. The van der Waals surface area contributed by atoms with Crippen LogP contribution in [0.3, 0.4) is 0 Å². The minimum absolute atomic E-state index is 0.0286. The summed E-state index contributed by atoms with van der Waals surface area (Å²) in [6.45, 7) is 1.73. The summed E-state index contributed by atoms with van der Waals surface area (Å²) < 4.78 is 29.7. The highest BCUT2D eigenvalue weighted by molar-refractivity contribution is 9.10. The van der Waals surface area contributed by atoms with E-state index < -0.39 is 28.5 Å². The number of hydrogen-bond acceptors (Lipinski definition) is 4. The quantitative estimate of drug-likeness (QED) is 0.199. The molecule has 10 heteroatoms. The summed E-state index contributed by atoms with van der Waals surface area (Å²) in [5.74, 6) is -0.869. The van der Waals surface area contributed by atoms with E-state index in [2.05, 4.69) is 21.2 Å². The first-order valence-electron chi connectivity index (χ1n) is 13.4. The van der Waals surface area contributed by atoms with E-state index in [1.54, 1.807) is 36.4 Å². The van der Waals surface area contributed by atoms with Gasteiger partial charge in [0.2, 0.25) is 11.8 Å². The summed E-state index contributed by atoms with van der Waals surface area (Å²) in [4.78, 5) is 29.3. The number of likely N-dealkylation sites (N-methyl/N-ethyl adjacent to an activating group) is 1. The second kappa shape index (κ2) is 14.5.